The highest BCUT2D eigenvalue weighted by atomic mass is 16.6. The third kappa shape index (κ3) is 3.32. The van der Waals surface area contributed by atoms with Crippen molar-refractivity contribution >= 4 is 12.0 Å². The number of ether oxygens (including phenoxy) is 1. The molecule has 0 bridgehead atoms. The Morgan fingerprint density at radius 3 is 2.56 bits per heavy atom. The average molecular weight is 349 g/mol. The fourth-order valence-electron chi connectivity index (χ4n) is 4.11. The highest BCUT2D eigenvalue weighted by molar-refractivity contribution is 5.88. The molecule has 25 heavy (non-hydrogen) atoms. The quantitative estimate of drug-likeness (QED) is 0.802. The maximum absolute atomic E-state index is 13.2. The Bertz CT molecular complexity index is 597. The first-order chi connectivity index (χ1) is 11.7. The number of rotatable bonds is 4. The molecule has 2 unspecified atom stereocenters. The van der Waals surface area contributed by atoms with Gasteiger partial charge >= 0.3 is 6.09 Å². The number of aliphatic hydroxyl groups is 1. The highest BCUT2D eigenvalue weighted by Gasteiger charge is 2.58. The summed E-state index contributed by atoms with van der Waals surface area (Å²) in [6.07, 6.45) is 3.23. The molecule has 2 N–H and O–H groups in total. The molecule has 2 amide bonds. The maximum atomic E-state index is 13.2. The topological polar surface area (TPSA) is 103 Å². The molecule has 1 aliphatic heterocycles. The Morgan fingerprint density at radius 1 is 1.40 bits per heavy atom. The molecule has 0 aromatic carbocycles. The Kier molecular flexibility index (Phi) is 4.44. The molecule has 2 saturated carbocycles. The lowest BCUT2D eigenvalue weighted by Crippen LogP contribution is -2.62. The molecule has 3 fully saturated rings. The summed E-state index contributed by atoms with van der Waals surface area (Å²) >= 11 is 0. The first-order valence-electron chi connectivity index (χ1n) is 9.03. The zero-order valence-electron chi connectivity index (χ0n) is 15.1. The summed E-state index contributed by atoms with van der Waals surface area (Å²) in [6.45, 7) is 5.11. The Labute approximate surface area is 148 Å². The van der Waals surface area contributed by atoms with Crippen LogP contribution in [-0.2, 0) is 9.53 Å². The van der Waals surface area contributed by atoms with E-state index in [4.69, 9.17) is 4.74 Å². The summed E-state index contributed by atoms with van der Waals surface area (Å²) in [5.41, 5.74) is -1.32. The van der Waals surface area contributed by atoms with Crippen LogP contribution < -0.4 is 5.32 Å². The molecule has 7 heteroatoms. The van der Waals surface area contributed by atoms with Gasteiger partial charge in [0.1, 0.15) is 17.7 Å². The van der Waals surface area contributed by atoms with Gasteiger partial charge in [-0.3, -0.25) is 4.79 Å². The number of nitriles is 1. The number of amides is 2. The maximum Gasteiger partial charge on any atom is 0.408 e. The van der Waals surface area contributed by atoms with Gasteiger partial charge < -0.3 is 20.1 Å². The van der Waals surface area contributed by atoms with Crippen LogP contribution in [0.1, 0.15) is 52.9 Å². The molecular formula is C18H27N3O4. The van der Waals surface area contributed by atoms with E-state index in [9.17, 15) is 20.0 Å². The van der Waals surface area contributed by atoms with Crippen LogP contribution in [0.2, 0.25) is 0 Å². The molecule has 3 rings (SSSR count). The molecule has 7 nitrogen and oxygen atoms in total. The number of nitrogens with zero attached hydrogens (tertiary/aromatic N) is 2. The number of alkyl carbamates (subject to hydrolysis) is 1. The van der Waals surface area contributed by atoms with Gasteiger partial charge in [-0.1, -0.05) is 6.42 Å². The van der Waals surface area contributed by atoms with Crippen LogP contribution in [0.5, 0.6) is 0 Å². The summed E-state index contributed by atoms with van der Waals surface area (Å²) in [4.78, 5) is 27.2. The largest absolute Gasteiger partial charge is 0.444 e. The van der Waals surface area contributed by atoms with Gasteiger partial charge in [-0.2, -0.15) is 5.26 Å². The Hall–Kier alpha value is -1.81. The van der Waals surface area contributed by atoms with E-state index in [1.54, 1.807) is 25.7 Å². The monoisotopic (exact) mass is 349 g/mol. The molecule has 0 spiro atoms. The summed E-state index contributed by atoms with van der Waals surface area (Å²) < 4.78 is 5.31. The normalized spacial score (nSPS) is 30.5. The van der Waals surface area contributed by atoms with Crippen molar-refractivity contribution in [3.8, 4) is 6.07 Å². The van der Waals surface area contributed by atoms with Crippen LogP contribution in [0.3, 0.4) is 0 Å². The number of nitrogens with one attached hydrogen (secondary N) is 1. The van der Waals surface area contributed by atoms with Gasteiger partial charge in [0.15, 0.2) is 0 Å². The average Bonchev–Trinajstić information content (AvgIpc) is 3.13. The molecule has 0 radical (unpaired) electrons. The van der Waals surface area contributed by atoms with Gasteiger partial charge in [0.2, 0.25) is 5.91 Å². The first-order valence-corrected chi connectivity index (χ1v) is 9.03. The van der Waals surface area contributed by atoms with Crippen LogP contribution in [0, 0.1) is 22.7 Å². The summed E-state index contributed by atoms with van der Waals surface area (Å²) in [5.74, 6) is 0.151. The predicted molar refractivity (Wildman–Crippen MR) is 89.3 cm³/mol. The van der Waals surface area contributed by atoms with Gasteiger partial charge in [0, 0.05) is 11.5 Å². The van der Waals surface area contributed by atoms with E-state index in [-0.39, 0.29) is 18.6 Å². The second-order valence-corrected chi connectivity index (χ2v) is 8.64. The van der Waals surface area contributed by atoms with Crippen molar-refractivity contribution in [2.75, 3.05) is 6.61 Å². The second-order valence-electron chi connectivity index (χ2n) is 8.64. The number of likely N-dealkylation sites (tertiary alicyclic amines) is 1. The van der Waals surface area contributed by atoms with Crippen molar-refractivity contribution in [3.05, 3.63) is 0 Å². The van der Waals surface area contributed by atoms with Gasteiger partial charge in [-0.15, -0.1) is 0 Å². The minimum atomic E-state index is -0.851. The van der Waals surface area contributed by atoms with Crippen molar-refractivity contribution in [3.63, 3.8) is 0 Å². The van der Waals surface area contributed by atoms with Crippen LogP contribution in [0.25, 0.3) is 0 Å². The van der Waals surface area contributed by atoms with Gasteiger partial charge in [-0.05, 0) is 52.4 Å². The van der Waals surface area contributed by atoms with Gasteiger partial charge in [0.05, 0.1) is 12.7 Å². The molecule has 1 saturated heterocycles. The first kappa shape index (κ1) is 18.0. The molecule has 138 valence electrons. The van der Waals surface area contributed by atoms with E-state index in [0.717, 1.165) is 12.8 Å². The molecule has 0 aromatic rings. The van der Waals surface area contributed by atoms with E-state index in [2.05, 4.69) is 11.4 Å². The third-order valence-corrected chi connectivity index (χ3v) is 5.69. The Balaban J connectivity index is 1.80. The number of carbonyl (C=O) groups excluding carboxylic acids is 2. The zero-order valence-corrected chi connectivity index (χ0v) is 15.1. The molecule has 3 aliphatic rings. The number of hydrogen-bond donors (Lipinski definition) is 2. The third-order valence-electron chi connectivity index (χ3n) is 5.69. The SMILES string of the molecule is CC(C)(C)OC(=O)N[C@H](C(=O)N1C(C#N)CC2C[C@@H]21)C1(CO)CCC1. The molecular weight excluding hydrogens is 322 g/mol. The smallest absolute Gasteiger partial charge is 0.408 e. The minimum Gasteiger partial charge on any atom is -0.444 e. The van der Waals surface area contributed by atoms with Crippen molar-refractivity contribution in [1.29, 1.82) is 5.26 Å². The van der Waals surface area contributed by atoms with Crippen molar-refractivity contribution in [2.24, 2.45) is 11.3 Å². The van der Waals surface area contributed by atoms with E-state index < -0.39 is 29.2 Å². The van der Waals surface area contributed by atoms with E-state index >= 15 is 0 Å². The van der Waals surface area contributed by atoms with Crippen LogP contribution in [0.4, 0.5) is 4.79 Å². The van der Waals surface area contributed by atoms with E-state index in [1.165, 1.54) is 0 Å². The van der Waals surface area contributed by atoms with Crippen molar-refractivity contribution in [1.82, 2.24) is 10.2 Å². The zero-order chi connectivity index (χ0) is 18.4. The molecule has 0 aromatic heterocycles. The summed E-state index contributed by atoms with van der Waals surface area (Å²) in [6, 6.07) is 1.03. The highest BCUT2D eigenvalue weighted by Crippen LogP contribution is 2.50. The van der Waals surface area contributed by atoms with Gasteiger partial charge in [-0.25, -0.2) is 4.79 Å². The standard InChI is InChI=1S/C18H27N3O4/c1-17(2,3)25-16(24)20-14(18(10-22)5-4-6-18)15(23)21-12(9-19)7-11-8-13(11)21/h11-14,22H,4-8,10H2,1-3H3,(H,20,24)/t11?,12?,13-,14+/m0/s1. The predicted octanol–water partition coefficient (Wildman–Crippen LogP) is 1.56. The lowest BCUT2D eigenvalue weighted by atomic mass is 9.64. The number of aliphatic hydroxyl groups excluding tert-OH is 1. The van der Waals surface area contributed by atoms with Crippen LogP contribution in [-0.4, -0.2) is 52.3 Å². The van der Waals surface area contributed by atoms with E-state index in [1.807, 2.05) is 0 Å². The molecule has 2 aliphatic carbocycles. The number of piperidine rings is 1. The van der Waals surface area contributed by atoms with Gasteiger partial charge in [0.25, 0.3) is 0 Å². The number of hydrogen-bond acceptors (Lipinski definition) is 5. The number of carbonyl (C=O) groups is 2. The number of fused-ring (bicyclic) bond motifs is 1. The summed E-state index contributed by atoms with van der Waals surface area (Å²) in [5, 5.41) is 22.0. The molecule has 4 atom stereocenters. The van der Waals surface area contributed by atoms with Crippen LogP contribution in [0.15, 0.2) is 0 Å². The summed E-state index contributed by atoms with van der Waals surface area (Å²) in [7, 11) is 0. The second kappa shape index (κ2) is 6.17. The van der Waals surface area contributed by atoms with Crippen molar-refractivity contribution < 1.29 is 19.4 Å². The fraction of sp³-hybridized carbons (Fsp3) is 0.833. The lowest BCUT2D eigenvalue weighted by molar-refractivity contribution is -0.142. The minimum absolute atomic E-state index is 0.107. The van der Waals surface area contributed by atoms with E-state index in [0.29, 0.717) is 25.2 Å². The Morgan fingerprint density at radius 2 is 2.08 bits per heavy atom. The van der Waals surface area contributed by atoms with Crippen molar-refractivity contribution in [2.45, 2.75) is 76.6 Å². The van der Waals surface area contributed by atoms with Crippen LogP contribution >= 0.6 is 0 Å². The molecule has 1 heterocycles. The fourth-order valence-corrected chi connectivity index (χ4v) is 4.11. The lowest BCUT2D eigenvalue weighted by Gasteiger charge is -2.47.